The number of rotatable bonds is 1. The summed E-state index contributed by atoms with van der Waals surface area (Å²) in [6.45, 7) is 7.01. The zero-order chi connectivity index (χ0) is 6.78. The van der Waals surface area contributed by atoms with Crippen molar-refractivity contribution in [3.63, 3.8) is 0 Å². The molecule has 0 aromatic rings. The summed E-state index contributed by atoms with van der Waals surface area (Å²) in [6, 6.07) is 0. The molecule has 0 bridgehead atoms. The van der Waals surface area contributed by atoms with Gasteiger partial charge in [0.25, 0.3) is 0 Å². The first-order valence-electron chi connectivity index (χ1n) is 2.75. The molecule has 8 heavy (non-hydrogen) atoms. The molecule has 0 amide bonds. The van der Waals surface area contributed by atoms with E-state index in [0.717, 1.165) is 0 Å². The van der Waals surface area contributed by atoms with Crippen molar-refractivity contribution in [2.24, 2.45) is 0 Å². The van der Waals surface area contributed by atoms with E-state index < -0.39 is 0 Å². The molecule has 0 rings (SSSR count). The van der Waals surface area contributed by atoms with Crippen LogP contribution in [0.15, 0.2) is 0 Å². The zero-order valence-corrected chi connectivity index (χ0v) is 12.5. The minimum absolute atomic E-state index is 0.379. The molecule has 0 N–H and O–H groups in total. The fourth-order valence-corrected chi connectivity index (χ4v) is 10.2. The summed E-state index contributed by atoms with van der Waals surface area (Å²) in [5.74, 6) is 0. The SMILES string of the molecule is CC(C)(C)[I-][N]([AlH2])[AlH2]. The van der Waals surface area contributed by atoms with Crippen LogP contribution in [0.25, 0.3) is 0 Å². The van der Waals surface area contributed by atoms with Crippen molar-refractivity contribution in [3.05, 3.63) is 0 Å². The van der Waals surface area contributed by atoms with E-state index in [1.807, 2.05) is 0 Å². The first-order chi connectivity index (χ1) is 3.42. The minimum atomic E-state index is 0.379. The molecule has 1 nitrogen and oxygen atoms in total. The summed E-state index contributed by atoms with van der Waals surface area (Å²) >= 11 is 2.97. The third kappa shape index (κ3) is 7.75. The van der Waals surface area contributed by atoms with E-state index in [1.165, 1.54) is 33.0 Å². The maximum atomic E-state index is 2.60. The molecule has 0 saturated carbocycles. The van der Waals surface area contributed by atoms with Gasteiger partial charge in [0.2, 0.25) is 0 Å². The van der Waals surface area contributed by atoms with Crippen molar-refractivity contribution < 1.29 is 21.5 Å². The van der Waals surface area contributed by atoms with Gasteiger partial charge in [-0.3, -0.25) is 0 Å². The molecular weight excluding hydrogens is 243 g/mol. The van der Waals surface area contributed by atoms with Crippen LogP contribution in [0.2, 0.25) is 0 Å². The van der Waals surface area contributed by atoms with Gasteiger partial charge in [0.1, 0.15) is 0 Å². The Morgan fingerprint density at radius 2 is 1.62 bits per heavy atom. The molecular formula is C4H13Al2IN-. The van der Waals surface area contributed by atoms with E-state index in [-0.39, 0.29) is 0 Å². The van der Waals surface area contributed by atoms with Gasteiger partial charge in [-0.15, -0.1) is 0 Å². The summed E-state index contributed by atoms with van der Waals surface area (Å²) in [5.41, 5.74) is 0. The van der Waals surface area contributed by atoms with Gasteiger partial charge in [0.05, 0.1) is 0 Å². The molecule has 0 aliphatic heterocycles. The van der Waals surface area contributed by atoms with Crippen molar-refractivity contribution in [1.82, 2.24) is 1.08 Å². The fraction of sp³-hybridized carbons (Fsp3) is 1.00. The van der Waals surface area contributed by atoms with Gasteiger partial charge in [0, 0.05) is 0 Å². The van der Waals surface area contributed by atoms with Gasteiger partial charge < -0.3 is 0 Å². The number of nitrogens with zero attached hydrogens (tertiary/aromatic N) is 1. The second-order valence-corrected chi connectivity index (χ2v) is 16.7. The van der Waals surface area contributed by atoms with E-state index in [4.69, 9.17) is 0 Å². The molecule has 0 radical (unpaired) electrons. The molecule has 48 valence electrons. The average Bonchev–Trinajstić information content (AvgIpc) is 1.21. The molecule has 0 saturated heterocycles. The summed E-state index contributed by atoms with van der Waals surface area (Å²) in [6.07, 6.45) is 0. The van der Waals surface area contributed by atoms with Crippen LogP contribution in [0.1, 0.15) is 20.8 Å². The van der Waals surface area contributed by atoms with Crippen LogP contribution in [0.5, 0.6) is 0 Å². The number of alkyl halides is 1. The van der Waals surface area contributed by atoms with Crippen LogP contribution in [0.3, 0.4) is 0 Å². The Morgan fingerprint density at radius 3 is 1.62 bits per heavy atom. The number of hydrogen-bond acceptors (Lipinski definition) is 1. The summed E-state index contributed by atoms with van der Waals surface area (Å²) in [5, 5.41) is 0. The second-order valence-electron chi connectivity index (χ2n) is 2.94. The molecule has 0 spiro atoms. The molecule has 0 unspecified atom stereocenters. The number of hydrogen-bond donors (Lipinski definition) is 0. The Balaban J connectivity index is 3.39. The summed E-state index contributed by atoms with van der Waals surface area (Å²) < 4.78 is 3.22. The molecule has 4 heteroatoms. The first kappa shape index (κ1) is 9.75. The van der Waals surface area contributed by atoms with Crippen molar-refractivity contribution in [2.45, 2.75) is 24.2 Å². The van der Waals surface area contributed by atoms with E-state index in [1.54, 1.807) is 0 Å². The average molecular weight is 256 g/mol. The normalized spacial score (nSPS) is 13.0. The van der Waals surface area contributed by atoms with E-state index in [0.29, 0.717) is 24.9 Å². The van der Waals surface area contributed by atoms with Crippen LogP contribution in [0, 0.1) is 0 Å². The molecule has 0 fully saturated rings. The van der Waals surface area contributed by atoms with Gasteiger partial charge in [0.15, 0.2) is 0 Å². The Hall–Kier alpha value is 1.75. The summed E-state index contributed by atoms with van der Waals surface area (Å²) in [4.78, 5) is 0. The van der Waals surface area contributed by atoms with Crippen LogP contribution < -0.4 is 21.5 Å². The van der Waals surface area contributed by atoms with Crippen molar-refractivity contribution in [2.75, 3.05) is 0 Å². The zero-order valence-electron chi connectivity index (χ0n) is 6.33. The van der Waals surface area contributed by atoms with Gasteiger partial charge in [-0.25, -0.2) is 0 Å². The van der Waals surface area contributed by atoms with Gasteiger partial charge in [-0.2, -0.15) is 0 Å². The van der Waals surface area contributed by atoms with E-state index in [2.05, 4.69) is 21.9 Å². The third-order valence-electron chi connectivity index (χ3n) is 0.423. The first-order valence-corrected chi connectivity index (χ1v) is 6.58. The van der Waals surface area contributed by atoms with Gasteiger partial charge >= 0.3 is 79.8 Å². The van der Waals surface area contributed by atoms with Crippen molar-refractivity contribution in [1.29, 1.82) is 0 Å². The standard InChI is InChI=1S/C4H9IN.2Al.4H/c1-4(2,3)5-6;;;;;;/h1-3H3;;;;;;/q-1;;;;;;. The Bertz CT molecular complexity index is 68.9. The van der Waals surface area contributed by atoms with E-state index >= 15 is 0 Å². The molecule has 0 heterocycles. The summed E-state index contributed by atoms with van der Waals surface area (Å²) in [7, 11) is 0. The molecule has 0 aliphatic rings. The molecule has 0 aliphatic carbocycles. The Morgan fingerprint density at radius 1 is 1.25 bits per heavy atom. The van der Waals surface area contributed by atoms with Gasteiger partial charge in [-0.05, 0) is 0 Å². The fourth-order valence-electron chi connectivity index (χ4n) is 0.507. The quantitative estimate of drug-likeness (QED) is 0.201. The van der Waals surface area contributed by atoms with Crippen LogP contribution in [-0.2, 0) is 0 Å². The molecule has 0 atom stereocenters. The molecule has 0 aromatic heterocycles. The maximum absolute atomic E-state index is 2.60. The third-order valence-corrected chi connectivity index (χ3v) is 5.10. The molecule has 0 aromatic carbocycles. The Kier molecular flexibility index (Phi) is 4.65. The van der Waals surface area contributed by atoms with Crippen molar-refractivity contribution in [3.8, 4) is 0 Å². The van der Waals surface area contributed by atoms with Crippen LogP contribution in [-0.4, -0.2) is 37.5 Å². The topological polar surface area (TPSA) is 3.24 Å². The monoisotopic (exact) mass is 256 g/mol. The second kappa shape index (κ2) is 3.81. The predicted molar refractivity (Wildman–Crippen MR) is 38.7 cm³/mol. The number of halogens is 1. The van der Waals surface area contributed by atoms with Crippen LogP contribution >= 0.6 is 0 Å². The van der Waals surface area contributed by atoms with E-state index in [9.17, 15) is 0 Å². The van der Waals surface area contributed by atoms with Crippen LogP contribution in [0.4, 0.5) is 0 Å². The predicted octanol–water partition coefficient (Wildman–Crippen LogP) is -3.81. The van der Waals surface area contributed by atoms with Gasteiger partial charge in [-0.1, -0.05) is 0 Å². The van der Waals surface area contributed by atoms with Crippen molar-refractivity contribution >= 4 is 33.0 Å². The Labute approximate surface area is 79.1 Å².